The second-order valence-corrected chi connectivity index (χ2v) is 6.44. The molecular formula is C19H17NO3. The van der Waals surface area contributed by atoms with E-state index < -0.39 is 5.97 Å². The molecule has 2 aromatic rings. The number of carboxylic acid groups (broad SMARTS) is 1. The van der Waals surface area contributed by atoms with Crippen LogP contribution in [0.25, 0.3) is 0 Å². The molecule has 4 heteroatoms. The second kappa shape index (κ2) is 4.95. The molecule has 1 saturated carbocycles. The van der Waals surface area contributed by atoms with Crippen molar-refractivity contribution in [1.29, 1.82) is 0 Å². The molecule has 116 valence electrons. The lowest BCUT2D eigenvalue weighted by molar-refractivity contribution is -0.117. The van der Waals surface area contributed by atoms with E-state index in [9.17, 15) is 9.59 Å². The van der Waals surface area contributed by atoms with Gasteiger partial charge in [-0.1, -0.05) is 24.3 Å². The summed E-state index contributed by atoms with van der Waals surface area (Å²) in [7, 11) is 0. The monoisotopic (exact) mass is 307 g/mol. The third kappa shape index (κ3) is 2.22. The molecule has 2 unspecified atom stereocenters. The normalized spacial score (nSPS) is 24.3. The molecule has 4 nitrogen and oxygen atoms in total. The largest absolute Gasteiger partial charge is 0.478 e. The predicted molar refractivity (Wildman–Crippen MR) is 86.6 cm³/mol. The van der Waals surface area contributed by atoms with Crippen LogP contribution in [0.15, 0.2) is 48.5 Å². The first-order chi connectivity index (χ1) is 11.1. The number of nitrogens with one attached hydrogen (secondary N) is 1. The van der Waals surface area contributed by atoms with Gasteiger partial charge in [-0.25, -0.2) is 4.79 Å². The number of carbonyl (C=O) groups excluding carboxylic acids is 1. The summed E-state index contributed by atoms with van der Waals surface area (Å²) >= 11 is 0. The standard InChI is InChI=1S/C19H17NO3/c21-17(20-14-7-5-13(6-8-14)18(22)23)16-11-19(16)10-9-12-3-1-2-4-15(12)19/h1-8,16H,9-11H2,(H,20,21)(H,22,23). The van der Waals surface area contributed by atoms with E-state index in [4.69, 9.17) is 5.11 Å². The van der Waals surface area contributed by atoms with Gasteiger partial charge in [0.25, 0.3) is 0 Å². The fraction of sp³-hybridized carbons (Fsp3) is 0.263. The molecule has 2 atom stereocenters. The Morgan fingerprint density at radius 3 is 2.57 bits per heavy atom. The van der Waals surface area contributed by atoms with Gasteiger partial charge in [-0.05, 0) is 54.7 Å². The number of aromatic carboxylic acids is 1. The Labute approximate surface area is 134 Å². The van der Waals surface area contributed by atoms with Crippen LogP contribution in [0.2, 0.25) is 0 Å². The van der Waals surface area contributed by atoms with Crippen LogP contribution in [0.3, 0.4) is 0 Å². The predicted octanol–water partition coefficient (Wildman–Crippen LogP) is 3.23. The number of hydrogen-bond acceptors (Lipinski definition) is 2. The van der Waals surface area contributed by atoms with E-state index in [1.54, 1.807) is 12.1 Å². The number of amides is 1. The summed E-state index contributed by atoms with van der Waals surface area (Å²) < 4.78 is 0. The van der Waals surface area contributed by atoms with Crippen LogP contribution in [-0.4, -0.2) is 17.0 Å². The molecule has 1 fully saturated rings. The van der Waals surface area contributed by atoms with Crippen LogP contribution in [0.5, 0.6) is 0 Å². The molecule has 0 radical (unpaired) electrons. The number of hydrogen-bond donors (Lipinski definition) is 2. The zero-order valence-electron chi connectivity index (χ0n) is 12.6. The van der Waals surface area contributed by atoms with Crippen LogP contribution in [0.4, 0.5) is 5.69 Å². The fourth-order valence-corrected chi connectivity index (χ4v) is 3.86. The van der Waals surface area contributed by atoms with Gasteiger partial charge in [-0.2, -0.15) is 0 Å². The number of aryl methyl sites for hydroxylation is 1. The molecule has 0 bridgehead atoms. The maximum Gasteiger partial charge on any atom is 0.335 e. The van der Waals surface area contributed by atoms with E-state index in [1.807, 2.05) is 6.07 Å². The number of carbonyl (C=O) groups is 2. The Balaban J connectivity index is 1.49. The van der Waals surface area contributed by atoms with E-state index in [0.717, 1.165) is 19.3 Å². The number of carboxylic acids is 1. The summed E-state index contributed by atoms with van der Waals surface area (Å²) in [5.41, 5.74) is 3.60. The molecule has 0 heterocycles. The Bertz CT molecular complexity index is 797. The van der Waals surface area contributed by atoms with Crippen molar-refractivity contribution < 1.29 is 14.7 Å². The van der Waals surface area contributed by atoms with Gasteiger partial charge in [0.05, 0.1) is 5.56 Å². The maximum atomic E-state index is 12.5. The van der Waals surface area contributed by atoms with Crippen molar-refractivity contribution in [2.45, 2.75) is 24.7 Å². The molecule has 0 aliphatic heterocycles. The Hall–Kier alpha value is -2.62. The summed E-state index contributed by atoms with van der Waals surface area (Å²) in [5, 5.41) is 11.8. The molecule has 0 saturated heterocycles. The zero-order valence-corrected chi connectivity index (χ0v) is 12.6. The van der Waals surface area contributed by atoms with Crippen LogP contribution in [-0.2, 0) is 16.6 Å². The van der Waals surface area contributed by atoms with Crippen molar-refractivity contribution >= 4 is 17.6 Å². The van der Waals surface area contributed by atoms with Crippen LogP contribution in [0.1, 0.15) is 34.3 Å². The SMILES string of the molecule is O=C(O)c1ccc(NC(=O)C2CC23CCc2ccccc23)cc1. The third-order valence-corrected chi connectivity index (χ3v) is 5.19. The summed E-state index contributed by atoms with van der Waals surface area (Å²) in [4.78, 5) is 23.4. The number of benzene rings is 2. The van der Waals surface area contributed by atoms with Gasteiger partial charge in [0.2, 0.25) is 5.91 Å². The van der Waals surface area contributed by atoms with Crippen molar-refractivity contribution in [3.8, 4) is 0 Å². The minimum absolute atomic E-state index is 0.0188. The molecule has 23 heavy (non-hydrogen) atoms. The van der Waals surface area contributed by atoms with E-state index in [2.05, 4.69) is 23.5 Å². The highest BCUT2D eigenvalue weighted by Gasteiger charge is 2.61. The van der Waals surface area contributed by atoms with Crippen LogP contribution in [0, 0.1) is 5.92 Å². The maximum absolute atomic E-state index is 12.5. The quantitative estimate of drug-likeness (QED) is 0.915. The summed E-state index contributed by atoms with van der Waals surface area (Å²) in [5.74, 6) is -0.915. The Morgan fingerprint density at radius 1 is 1.09 bits per heavy atom. The summed E-state index contributed by atoms with van der Waals surface area (Å²) in [6.45, 7) is 0. The minimum Gasteiger partial charge on any atom is -0.478 e. The molecule has 2 N–H and O–H groups in total. The van der Waals surface area contributed by atoms with Gasteiger partial charge in [0.15, 0.2) is 0 Å². The Kier molecular flexibility index (Phi) is 3.01. The van der Waals surface area contributed by atoms with Crippen LogP contribution < -0.4 is 5.32 Å². The molecule has 1 amide bonds. The lowest BCUT2D eigenvalue weighted by Crippen LogP contribution is -2.19. The average molecular weight is 307 g/mol. The van der Waals surface area contributed by atoms with E-state index >= 15 is 0 Å². The van der Waals surface area contributed by atoms with Crippen molar-refractivity contribution in [2.75, 3.05) is 5.32 Å². The highest BCUT2D eigenvalue weighted by molar-refractivity contribution is 5.97. The molecule has 2 aromatic carbocycles. The fourth-order valence-electron chi connectivity index (χ4n) is 3.86. The van der Waals surface area contributed by atoms with Crippen LogP contribution >= 0.6 is 0 Å². The van der Waals surface area contributed by atoms with Gasteiger partial charge >= 0.3 is 5.97 Å². The zero-order chi connectivity index (χ0) is 16.0. The lowest BCUT2D eigenvalue weighted by atomic mass is 9.95. The topological polar surface area (TPSA) is 66.4 Å². The van der Waals surface area contributed by atoms with E-state index in [1.165, 1.54) is 23.3 Å². The van der Waals surface area contributed by atoms with Gasteiger partial charge < -0.3 is 10.4 Å². The molecule has 1 spiro atoms. The molecule has 4 rings (SSSR count). The first-order valence-corrected chi connectivity index (χ1v) is 7.83. The number of fused-ring (bicyclic) bond motifs is 2. The van der Waals surface area contributed by atoms with Crippen molar-refractivity contribution in [3.05, 3.63) is 65.2 Å². The molecule has 2 aliphatic carbocycles. The van der Waals surface area contributed by atoms with Gasteiger partial charge in [-0.15, -0.1) is 0 Å². The smallest absolute Gasteiger partial charge is 0.335 e. The van der Waals surface area contributed by atoms with Crippen molar-refractivity contribution in [2.24, 2.45) is 5.92 Å². The van der Waals surface area contributed by atoms with Crippen molar-refractivity contribution in [1.82, 2.24) is 0 Å². The summed E-state index contributed by atoms with van der Waals surface area (Å²) in [6, 6.07) is 14.7. The third-order valence-electron chi connectivity index (χ3n) is 5.19. The second-order valence-electron chi connectivity index (χ2n) is 6.44. The number of anilines is 1. The molecule has 2 aliphatic rings. The molecule has 0 aromatic heterocycles. The first kappa shape index (κ1) is 14.0. The lowest BCUT2D eigenvalue weighted by Gasteiger charge is -2.12. The molecular weight excluding hydrogens is 290 g/mol. The summed E-state index contributed by atoms with van der Waals surface area (Å²) in [6.07, 6.45) is 3.00. The number of rotatable bonds is 3. The van der Waals surface area contributed by atoms with Gasteiger partial charge in [-0.3, -0.25) is 4.79 Å². The highest BCUT2D eigenvalue weighted by atomic mass is 16.4. The van der Waals surface area contributed by atoms with Crippen molar-refractivity contribution in [3.63, 3.8) is 0 Å². The van der Waals surface area contributed by atoms with Gasteiger partial charge in [0, 0.05) is 17.0 Å². The van der Waals surface area contributed by atoms with Gasteiger partial charge in [0.1, 0.15) is 0 Å². The average Bonchev–Trinajstić information content (AvgIpc) is 3.18. The first-order valence-electron chi connectivity index (χ1n) is 7.83. The van der Waals surface area contributed by atoms with E-state index in [0.29, 0.717) is 5.69 Å². The minimum atomic E-state index is -0.966. The Morgan fingerprint density at radius 2 is 1.83 bits per heavy atom. The highest BCUT2D eigenvalue weighted by Crippen LogP contribution is 2.61. The van der Waals surface area contributed by atoms with E-state index in [-0.39, 0.29) is 22.8 Å².